The molecule has 1 saturated carbocycles. The molecule has 0 atom stereocenters. The van der Waals surface area contributed by atoms with Gasteiger partial charge in [-0.05, 0) is 18.9 Å². The zero-order valence-corrected chi connectivity index (χ0v) is 11.2. The molecule has 0 radical (unpaired) electrons. The van der Waals surface area contributed by atoms with E-state index in [1.807, 2.05) is 0 Å². The Labute approximate surface area is 121 Å². The first-order chi connectivity index (χ1) is 9.97. The lowest BCUT2D eigenvalue weighted by atomic mass is 10.2. The van der Waals surface area contributed by atoms with E-state index in [0.717, 1.165) is 19.0 Å². The first-order valence-corrected chi connectivity index (χ1v) is 6.42. The van der Waals surface area contributed by atoms with Gasteiger partial charge in [-0.1, -0.05) is 11.6 Å². The van der Waals surface area contributed by atoms with E-state index >= 15 is 0 Å². The van der Waals surface area contributed by atoms with Crippen molar-refractivity contribution in [2.45, 2.75) is 18.9 Å². The molecule has 1 aromatic carbocycles. The van der Waals surface area contributed by atoms with Gasteiger partial charge in [-0.3, -0.25) is 4.79 Å². The van der Waals surface area contributed by atoms with Crippen LogP contribution in [0.3, 0.4) is 0 Å². The fourth-order valence-electron chi connectivity index (χ4n) is 1.76. The summed E-state index contributed by atoms with van der Waals surface area (Å²) in [5.74, 6) is -2.91. The molecule has 5 nitrogen and oxygen atoms in total. The van der Waals surface area contributed by atoms with E-state index in [9.17, 15) is 18.4 Å². The number of hydrogen-bond donors (Lipinski definition) is 1. The largest absolute Gasteiger partial charge is 0.514 e. The average molecular weight is 316 g/mol. The third-order valence-electron chi connectivity index (χ3n) is 2.96. The Kier molecular flexibility index (Phi) is 3.29. The van der Waals surface area contributed by atoms with Crippen molar-refractivity contribution in [1.29, 1.82) is 0 Å². The molecule has 1 aliphatic rings. The highest BCUT2D eigenvalue weighted by atomic mass is 35.5. The molecule has 1 heterocycles. The summed E-state index contributed by atoms with van der Waals surface area (Å²) in [7, 11) is 0. The van der Waals surface area contributed by atoms with Crippen molar-refractivity contribution in [2.24, 2.45) is 0 Å². The molecule has 0 aliphatic heterocycles. The number of pyridine rings is 1. The molecule has 0 saturated heterocycles. The van der Waals surface area contributed by atoms with Gasteiger partial charge in [0, 0.05) is 6.20 Å². The number of rotatable bonds is 2. The highest BCUT2D eigenvalue weighted by Crippen LogP contribution is 2.27. The number of aromatic amines is 1. The number of benzene rings is 1. The molecule has 3 rings (SSSR count). The van der Waals surface area contributed by atoms with Gasteiger partial charge in [-0.25, -0.2) is 13.6 Å². The predicted octanol–water partition coefficient (Wildman–Crippen LogP) is 3.14. The summed E-state index contributed by atoms with van der Waals surface area (Å²) in [4.78, 5) is 26.0. The Hall–Kier alpha value is -2.15. The van der Waals surface area contributed by atoms with E-state index in [0.29, 0.717) is 6.07 Å². The summed E-state index contributed by atoms with van der Waals surface area (Å²) >= 11 is 5.62. The molecule has 2 aromatic rings. The zero-order chi connectivity index (χ0) is 15.1. The molecule has 1 aromatic heterocycles. The van der Waals surface area contributed by atoms with Crippen molar-refractivity contribution in [3.05, 3.63) is 39.1 Å². The van der Waals surface area contributed by atoms with E-state index in [-0.39, 0.29) is 22.8 Å². The number of ether oxygens (including phenoxy) is 2. The van der Waals surface area contributed by atoms with Crippen molar-refractivity contribution < 1.29 is 23.0 Å². The smallest absolute Gasteiger partial charge is 0.431 e. The second-order valence-electron chi connectivity index (χ2n) is 4.56. The lowest BCUT2D eigenvalue weighted by Gasteiger charge is -2.07. The molecule has 0 bridgehead atoms. The van der Waals surface area contributed by atoms with Crippen LogP contribution < -0.4 is 10.2 Å². The van der Waals surface area contributed by atoms with E-state index in [1.165, 1.54) is 0 Å². The van der Waals surface area contributed by atoms with Gasteiger partial charge >= 0.3 is 6.16 Å². The number of halogens is 3. The van der Waals surface area contributed by atoms with Gasteiger partial charge in [0.2, 0.25) is 5.43 Å². The van der Waals surface area contributed by atoms with Crippen molar-refractivity contribution in [3.8, 4) is 5.75 Å². The van der Waals surface area contributed by atoms with E-state index in [4.69, 9.17) is 21.1 Å². The number of aromatic nitrogens is 1. The third kappa shape index (κ3) is 2.56. The quantitative estimate of drug-likeness (QED) is 0.683. The minimum absolute atomic E-state index is 0.0801. The van der Waals surface area contributed by atoms with Crippen molar-refractivity contribution in [2.75, 3.05) is 0 Å². The first kappa shape index (κ1) is 13.8. The minimum atomic E-state index is -1.27. The molecule has 8 heteroatoms. The maximum absolute atomic E-state index is 13.3. The number of carbonyl (C=O) groups excluding carboxylic acids is 1. The number of carbonyl (C=O) groups is 1. The Balaban J connectivity index is 2.01. The van der Waals surface area contributed by atoms with Gasteiger partial charge in [0.05, 0.1) is 10.9 Å². The Morgan fingerprint density at radius 1 is 1.38 bits per heavy atom. The lowest BCUT2D eigenvalue weighted by molar-refractivity contribution is 0.0921. The summed E-state index contributed by atoms with van der Waals surface area (Å²) in [6.07, 6.45) is 1.35. The fraction of sp³-hybridized carbons (Fsp3) is 0.231. The third-order valence-corrected chi connectivity index (χ3v) is 3.31. The summed E-state index contributed by atoms with van der Waals surface area (Å²) in [6.45, 7) is 0. The van der Waals surface area contributed by atoms with Crippen LogP contribution >= 0.6 is 11.6 Å². The van der Waals surface area contributed by atoms with Crippen molar-refractivity contribution in [3.63, 3.8) is 0 Å². The van der Waals surface area contributed by atoms with Crippen molar-refractivity contribution in [1.82, 2.24) is 4.98 Å². The molecule has 1 aliphatic carbocycles. The molecule has 0 spiro atoms. The molecule has 1 fully saturated rings. The van der Waals surface area contributed by atoms with Crippen LogP contribution in [0.25, 0.3) is 10.9 Å². The highest BCUT2D eigenvalue weighted by Gasteiger charge is 2.27. The van der Waals surface area contributed by atoms with Gasteiger partial charge in [-0.15, -0.1) is 0 Å². The number of hydrogen-bond acceptors (Lipinski definition) is 4. The van der Waals surface area contributed by atoms with Crippen LogP contribution in [0.2, 0.25) is 5.02 Å². The van der Waals surface area contributed by atoms with Crippen LogP contribution in [0, 0.1) is 11.6 Å². The van der Waals surface area contributed by atoms with Gasteiger partial charge in [0.1, 0.15) is 11.1 Å². The summed E-state index contributed by atoms with van der Waals surface area (Å²) < 4.78 is 36.2. The Morgan fingerprint density at radius 2 is 2.10 bits per heavy atom. The second-order valence-corrected chi connectivity index (χ2v) is 4.94. The van der Waals surface area contributed by atoms with Crippen molar-refractivity contribution >= 4 is 28.7 Å². The molecule has 0 amide bonds. The molecule has 110 valence electrons. The summed E-state index contributed by atoms with van der Waals surface area (Å²) in [6, 6.07) is 0.689. The van der Waals surface area contributed by atoms with Gasteiger partial charge in [0.15, 0.2) is 17.4 Å². The Morgan fingerprint density at radius 3 is 2.76 bits per heavy atom. The Bertz CT molecular complexity index is 801. The van der Waals surface area contributed by atoms with Gasteiger partial charge < -0.3 is 14.5 Å². The SMILES string of the molecule is O=C(Oc1c[nH]c2c(Cl)c(F)c(F)cc2c1=O)OC1CC1. The minimum Gasteiger partial charge on any atom is -0.431 e. The first-order valence-electron chi connectivity index (χ1n) is 6.04. The number of H-pyrrole nitrogens is 1. The molecule has 21 heavy (non-hydrogen) atoms. The van der Waals surface area contributed by atoms with E-state index in [2.05, 4.69) is 4.98 Å². The van der Waals surface area contributed by atoms with Crippen LogP contribution in [-0.2, 0) is 4.74 Å². The molecular weight excluding hydrogens is 308 g/mol. The monoisotopic (exact) mass is 315 g/mol. The highest BCUT2D eigenvalue weighted by molar-refractivity contribution is 6.35. The number of nitrogens with one attached hydrogen (secondary N) is 1. The molecular formula is C13H8ClF2NO4. The second kappa shape index (κ2) is 5.00. The summed E-state index contributed by atoms with van der Waals surface area (Å²) in [5, 5.41) is -0.773. The topological polar surface area (TPSA) is 68.4 Å². The van der Waals surface area contributed by atoms with Crippen LogP contribution in [0.4, 0.5) is 13.6 Å². The van der Waals surface area contributed by atoms with Gasteiger partial charge in [0.25, 0.3) is 0 Å². The molecule has 1 N–H and O–H groups in total. The van der Waals surface area contributed by atoms with Crippen LogP contribution in [-0.4, -0.2) is 17.2 Å². The van der Waals surface area contributed by atoms with Gasteiger partial charge in [-0.2, -0.15) is 0 Å². The normalized spacial score (nSPS) is 14.2. The average Bonchev–Trinajstić information content (AvgIpc) is 3.24. The van der Waals surface area contributed by atoms with Crippen LogP contribution in [0.1, 0.15) is 12.8 Å². The maximum Gasteiger partial charge on any atom is 0.514 e. The van der Waals surface area contributed by atoms with Crippen LogP contribution in [0.5, 0.6) is 5.75 Å². The maximum atomic E-state index is 13.3. The standard InChI is InChI=1S/C13H8ClF2NO4/c14-9-10(16)7(15)3-6-11(9)17-4-8(12(6)18)21-13(19)20-5-1-2-5/h3-5H,1-2H2,(H,17,18). The lowest BCUT2D eigenvalue weighted by Crippen LogP contribution is -2.17. The van der Waals surface area contributed by atoms with E-state index in [1.54, 1.807) is 0 Å². The molecule has 0 unspecified atom stereocenters. The predicted molar refractivity (Wildman–Crippen MR) is 69.6 cm³/mol. The van der Waals surface area contributed by atoms with E-state index < -0.39 is 28.2 Å². The summed E-state index contributed by atoms with van der Waals surface area (Å²) in [5.41, 5.74) is -0.874. The van der Waals surface area contributed by atoms with Crippen LogP contribution in [0.15, 0.2) is 17.1 Å². The number of fused-ring (bicyclic) bond motifs is 1. The fourth-order valence-corrected chi connectivity index (χ4v) is 2.01. The zero-order valence-electron chi connectivity index (χ0n) is 10.4.